The van der Waals surface area contributed by atoms with Crippen LogP contribution in [0.4, 0.5) is 0 Å². The Morgan fingerprint density at radius 2 is 1.91 bits per heavy atom. The zero-order valence-electron chi connectivity index (χ0n) is 6.97. The van der Waals surface area contributed by atoms with Crippen molar-refractivity contribution >= 4 is 27.9 Å². The summed E-state index contributed by atoms with van der Waals surface area (Å²) in [6, 6.07) is 8.16. The molecule has 1 aromatic carbocycles. The first-order valence-electron chi connectivity index (χ1n) is 3.99. The van der Waals surface area contributed by atoms with Gasteiger partial charge < -0.3 is 0 Å². The van der Waals surface area contributed by atoms with E-state index in [0.29, 0.717) is 5.92 Å². The molecule has 1 rings (SSSR count). The zero-order chi connectivity index (χ0) is 8.27. The molecule has 1 aromatic rings. The third-order valence-corrected chi connectivity index (χ3v) is 3.53. The predicted molar refractivity (Wildman–Crippen MR) is 53.2 cm³/mol. The molecule has 0 amide bonds. The Balaban J connectivity index is 2.81. The number of benzene rings is 1. The molecule has 0 aromatic heterocycles. The maximum Gasteiger partial charge on any atom is 0.212 e. The SMILES string of the molecule is CC([CH2][AlH2])c1ccc(Cl)cc1. The van der Waals surface area contributed by atoms with Gasteiger partial charge in [-0.2, -0.15) is 0 Å². The lowest BCUT2D eigenvalue weighted by atomic mass is 10.0. The van der Waals surface area contributed by atoms with Crippen molar-refractivity contribution in [3.8, 4) is 0 Å². The van der Waals surface area contributed by atoms with Gasteiger partial charge in [-0.3, -0.25) is 0 Å². The fraction of sp³-hybridized carbons (Fsp3) is 0.333. The monoisotopic (exact) mass is 182 g/mol. The van der Waals surface area contributed by atoms with E-state index in [1.54, 1.807) is 0 Å². The van der Waals surface area contributed by atoms with Crippen molar-refractivity contribution in [2.75, 3.05) is 0 Å². The minimum Gasteiger partial charge on any atom is -0.0949 e. The van der Waals surface area contributed by atoms with Gasteiger partial charge >= 0.3 is 0 Å². The Labute approximate surface area is 81.0 Å². The van der Waals surface area contributed by atoms with Gasteiger partial charge in [0.2, 0.25) is 16.3 Å². The quantitative estimate of drug-likeness (QED) is 0.617. The highest BCUT2D eigenvalue weighted by Crippen LogP contribution is 2.19. The summed E-state index contributed by atoms with van der Waals surface area (Å²) in [6.45, 7) is 2.26. The molecule has 0 N–H and O–H groups in total. The number of hydrogen-bond acceptors (Lipinski definition) is 0. The van der Waals surface area contributed by atoms with Crippen LogP contribution in [-0.4, -0.2) is 16.3 Å². The van der Waals surface area contributed by atoms with Crippen LogP contribution in [0.1, 0.15) is 18.4 Å². The second-order valence-electron chi connectivity index (χ2n) is 2.86. The van der Waals surface area contributed by atoms with Crippen LogP contribution in [0.15, 0.2) is 24.3 Å². The van der Waals surface area contributed by atoms with Crippen molar-refractivity contribution in [1.82, 2.24) is 0 Å². The second-order valence-corrected chi connectivity index (χ2v) is 4.11. The Bertz CT molecular complexity index is 218. The summed E-state index contributed by atoms with van der Waals surface area (Å²) in [5.41, 5.74) is 1.41. The number of halogens is 1. The van der Waals surface area contributed by atoms with E-state index in [-0.39, 0.29) is 0 Å². The molecule has 11 heavy (non-hydrogen) atoms. The molecule has 0 aliphatic rings. The maximum atomic E-state index is 5.77. The van der Waals surface area contributed by atoms with Crippen molar-refractivity contribution in [3.05, 3.63) is 34.9 Å². The molecule has 0 radical (unpaired) electrons. The summed E-state index contributed by atoms with van der Waals surface area (Å²) in [7, 11) is 0. The lowest BCUT2D eigenvalue weighted by molar-refractivity contribution is 0.864. The summed E-state index contributed by atoms with van der Waals surface area (Å²) in [6.07, 6.45) is 0. The molecule has 0 spiro atoms. The molecule has 2 heteroatoms. The van der Waals surface area contributed by atoms with Gasteiger partial charge in [-0.15, -0.1) is 0 Å². The van der Waals surface area contributed by atoms with E-state index in [4.69, 9.17) is 11.6 Å². The molecule has 1 unspecified atom stereocenters. The Morgan fingerprint density at radius 3 is 2.36 bits per heavy atom. The van der Waals surface area contributed by atoms with Gasteiger partial charge in [-0.25, -0.2) is 0 Å². The number of rotatable bonds is 2. The van der Waals surface area contributed by atoms with Crippen LogP contribution >= 0.6 is 11.6 Å². The minimum atomic E-state index is 0.707. The van der Waals surface area contributed by atoms with Gasteiger partial charge in [0.25, 0.3) is 0 Å². The lowest BCUT2D eigenvalue weighted by Gasteiger charge is -2.07. The first kappa shape index (κ1) is 9.13. The fourth-order valence-corrected chi connectivity index (χ4v) is 1.62. The highest BCUT2D eigenvalue weighted by molar-refractivity contribution is 6.30. The first-order valence-corrected chi connectivity index (χ1v) is 5.78. The molecule has 0 heterocycles. The minimum absolute atomic E-state index is 0.707. The third kappa shape index (κ3) is 2.52. The first-order chi connectivity index (χ1) is 5.24. The van der Waals surface area contributed by atoms with Gasteiger partial charge in [-0.1, -0.05) is 35.9 Å². The van der Waals surface area contributed by atoms with E-state index in [1.807, 2.05) is 12.1 Å². The van der Waals surface area contributed by atoms with Crippen LogP contribution in [0, 0.1) is 0 Å². The third-order valence-electron chi connectivity index (χ3n) is 2.05. The van der Waals surface area contributed by atoms with Crippen LogP contribution in [0.25, 0.3) is 0 Å². The van der Waals surface area contributed by atoms with Gasteiger partial charge in [0.05, 0.1) is 0 Å². The highest BCUT2D eigenvalue weighted by Gasteiger charge is 2.00. The molecule has 0 bridgehead atoms. The summed E-state index contributed by atoms with van der Waals surface area (Å²) in [4.78, 5) is 0. The van der Waals surface area contributed by atoms with E-state index < -0.39 is 0 Å². The second kappa shape index (κ2) is 4.16. The van der Waals surface area contributed by atoms with E-state index in [9.17, 15) is 0 Å². The largest absolute Gasteiger partial charge is 0.212 e. The molecule has 0 aliphatic carbocycles. The lowest BCUT2D eigenvalue weighted by Crippen LogP contribution is -1.90. The van der Waals surface area contributed by atoms with Crippen molar-refractivity contribution in [2.45, 2.75) is 18.1 Å². The molecule has 0 saturated heterocycles. The highest BCUT2D eigenvalue weighted by atomic mass is 35.5. The van der Waals surface area contributed by atoms with E-state index in [0.717, 1.165) is 5.02 Å². The fourth-order valence-electron chi connectivity index (χ4n) is 1.03. The van der Waals surface area contributed by atoms with Crippen LogP contribution in [-0.2, 0) is 0 Å². The van der Waals surface area contributed by atoms with Gasteiger partial charge in [-0.05, 0) is 23.6 Å². The standard InChI is InChI=1S/C9H10Cl.Al.2H/c1-7(2)8-3-5-9(10)6-4-8;;;/h3-7H,1H2,2H3;;;. The van der Waals surface area contributed by atoms with Crippen molar-refractivity contribution in [1.29, 1.82) is 0 Å². The van der Waals surface area contributed by atoms with E-state index in [1.165, 1.54) is 27.1 Å². The molecule has 0 saturated carbocycles. The van der Waals surface area contributed by atoms with E-state index >= 15 is 0 Å². The molecular weight excluding hydrogens is 171 g/mol. The van der Waals surface area contributed by atoms with Crippen molar-refractivity contribution in [3.63, 3.8) is 0 Å². The Kier molecular flexibility index (Phi) is 3.46. The molecule has 58 valence electrons. The smallest absolute Gasteiger partial charge is 0.0949 e. The molecular formula is C9H12AlCl. The summed E-state index contributed by atoms with van der Waals surface area (Å²) >= 11 is 7.04. The normalized spacial score (nSPS) is 12.9. The van der Waals surface area contributed by atoms with Crippen LogP contribution in [0.3, 0.4) is 0 Å². The average molecular weight is 183 g/mol. The Morgan fingerprint density at radius 1 is 1.36 bits per heavy atom. The summed E-state index contributed by atoms with van der Waals surface area (Å²) in [5, 5.41) is 2.15. The van der Waals surface area contributed by atoms with Gasteiger partial charge in [0, 0.05) is 5.02 Å². The maximum absolute atomic E-state index is 5.77. The summed E-state index contributed by atoms with van der Waals surface area (Å²) in [5.74, 6) is 0.707. The van der Waals surface area contributed by atoms with Crippen molar-refractivity contribution < 1.29 is 0 Å². The average Bonchev–Trinajstić information content (AvgIpc) is 2.05. The van der Waals surface area contributed by atoms with Crippen LogP contribution < -0.4 is 0 Å². The topological polar surface area (TPSA) is 0 Å². The Hall–Kier alpha value is 0.0425. The van der Waals surface area contributed by atoms with Crippen LogP contribution in [0.2, 0.25) is 10.3 Å². The van der Waals surface area contributed by atoms with Gasteiger partial charge in [0.1, 0.15) is 0 Å². The number of hydrogen-bond donors (Lipinski definition) is 0. The predicted octanol–water partition coefficient (Wildman–Crippen LogP) is 2.49. The zero-order valence-corrected chi connectivity index (χ0v) is 9.73. The van der Waals surface area contributed by atoms with E-state index in [2.05, 4.69) is 19.1 Å². The van der Waals surface area contributed by atoms with Gasteiger partial charge in [0.15, 0.2) is 0 Å². The summed E-state index contributed by atoms with van der Waals surface area (Å²) < 4.78 is 0. The van der Waals surface area contributed by atoms with Crippen molar-refractivity contribution in [2.24, 2.45) is 0 Å². The molecule has 0 fully saturated rings. The molecule has 0 nitrogen and oxygen atoms in total. The molecule has 0 aliphatic heterocycles. The van der Waals surface area contributed by atoms with Crippen LogP contribution in [0.5, 0.6) is 0 Å². The molecule has 1 atom stereocenters.